The average Bonchev–Trinajstić information content (AvgIpc) is 2.53. The standard InChI is InChI=1S/C18H18.C2H6/c1-4-8-15(5-2)14(3)17-12-11-16-9-6-7-10-18(16)13-17;1-2/h4-14H,1-2H2,3H3;1-2H3/b15-8+;. The van der Waals surface area contributed by atoms with Crippen molar-refractivity contribution >= 4 is 10.8 Å². The minimum Gasteiger partial charge on any atom is -0.0991 e. The average molecular weight is 264 g/mol. The van der Waals surface area contributed by atoms with Crippen LogP contribution in [0.2, 0.25) is 0 Å². The van der Waals surface area contributed by atoms with Crippen molar-refractivity contribution in [1.82, 2.24) is 0 Å². The van der Waals surface area contributed by atoms with E-state index in [9.17, 15) is 0 Å². The third kappa shape index (κ3) is 3.71. The van der Waals surface area contributed by atoms with Gasteiger partial charge in [0.25, 0.3) is 0 Å². The summed E-state index contributed by atoms with van der Waals surface area (Å²) in [5.74, 6) is 0.338. The van der Waals surface area contributed by atoms with Gasteiger partial charge in [-0.25, -0.2) is 0 Å². The Hall–Kier alpha value is -2.08. The zero-order valence-electron chi connectivity index (χ0n) is 12.8. The highest BCUT2D eigenvalue weighted by molar-refractivity contribution is 5.83. The summed E-state index contributed by atoms with van der Waals surface area (Å²) in [6, 6.07) is 15.0. The zero-order valence-corrected chi connectivity index (χ0v) is 12.8. The molecule has 0 spiro atoms. The fourth-order valence-electron chi connectivity index (χ4n) is 2.19. The molecule has 0 heterocycles. The van der Waals surface area contributed by atoms with Gasteiger partial charge in [-0.05, 0) is 21.9 Å². The maximum atomic E-state index is 3.87. The molecule has 2 rings (SSSR count). The summed E-state index contributed by atoms with van der Waals surface area (Å²) in [4.78, 5) is 0. The van der Waals surface area contributed by atoms with Gasteiger partial charge in [0.15, 0.2) is 0 Å². The summed E-state index contributed by atoms with van der Waals surface area (Å²) in [6.07, 6.45) is 5.74. The Bertz CT molecular complexity index is 602. The molecule has 104 valence electrons. The lowest BCUT2D eigenvalue weighted by molar-refractivity contribution is 0.925. The molecule has 2 aromatic rings. The zero-order chi connectivity index (χ0) is 15.0. The van der Waals surface area contributed by atoms with E-state index in [0.29, 0.717) is 5.92 Å². The minimum absolute atomic E-state index is 0.338. The topological polar surface area (TPSA) is 0 Å². The van der Waals surface area contributed by atoms with Gasteiger partial charge in [0.2, 0.25) is 0 Å². The second-order valence-corrected chi connectivity index (χ2v) is 4.43. The monoisotopic (exact) mass is 264 g/mol. The molecule has 20 heavy (non-hydrogen) atoms. The predicted octanol–water partition coefficient (Wildman–Crippen LogP) is 6.27. The molecule has 1 atom stereocenters. The summed E-state index contributed by atoms with van der Waals surface area (Å²) in [6.45, 7) is 13.8. The van der Waals surface area contributed by atoms with Crippen molar-refractivity contribution in [1.29, 1.82) is 0 Å². The van der Waals surface area contributed by atoms with Crippen molar-refractivity contribution in [3.05, 3.63) is 85.0 Å². The first-order chi connectivity index (χ1) is 9.76. The third-order valence-electron chi connectivity index (χ3n) is 3.32. The number of hydrogen-bond acceptors (Lipinski definition) is 0. The van der Waals surface area contributed by atoms with Crippen LogP contribution in [0, 0.1) is 0 Å². The molecular formula is C20H24. The van der Waals surface area contributed by atoms with Crippen LogP contribution >= 0.6 is 0 Å². The molecule has 1 unspecified atom stereocenters. The maximum absolute atomic E-state index is 3.87. The van der Waals surface area contributed by atoms with Crippen LogP contribution in [0.5, 0.6) is 0 Å². The molecule has 0 saturated carbocycles. The summed E-state index contributed by atoms with van der Waals surface area (Å²) < 4.78 is 0. The molecule has 0 aromatic heterocycles. The van der Waals surface area contributed by atoms with Crippen molar-refractivity contribution in [2.24, 2.45) is 0 Å². The molecule has 0 aliphatic rings. The molecule has 0 amide bonds. The molecule has 2 aromatic carbocycles. The van der Waals surface area contributed by atoms with Crippen LogP contribution in [0.1, 0.15) is 32.3 Å². The number of hydrogen-bond donors (Lipinski definition) is 0. The predicted molar refractivity (Wildman–Crippen MR) is 92.2 cm³/mol. The number of fused-ring (bicyclic) bond motifs is 1. The van der Waals surface area contributed by atoms with Crippen molar-refractivity contribution in [3.8, 4) is 0 Å². The molecule has 0 bridgehead atoms. The molecule has 0 fully saturated rings. The van der Waals surface area contributed by atoms with Gasteiger partial charge in [-0.1, -0.05) is 94.6 Å². The van der Waals surface area contributed by atoms with Crippen molar-refractivity contribution in [3.63, 3.8) is 0 Å². The van der Waals surface area contributed by atoms with Crippen LogP contribution in [-0.4, -0.2) is 0 Å². The second kappa shape index (κ2) is 8.16. The fraction of sp³-hybridized carbons (Fsp3) is 0.200. The van der Waals surface area contributed by atoms with Gasteiger partial charge in [0, 0.05) is 5.92 Å². The Morgan fingerprint density at radius 3 is 2.25 bits per heavy atom. The first kappa shape index (κ1) is 16.0. The van der Waals surface area contributed by atoms with Gasteiger partial charge < -0.3 is 0 Å². The first-order valence-electron chi connectivity index (χ1n) is 7.20. The van der Waals surface area contributed by atoms with Crippen LogP contribution < -0.4 is 0 Å². The van der Waals surface area contributed by atoms with E-state index in [2.05, 4.69) is 62.5 Å². The summed E-state index contributed by atoms with van der Waals surface area (Å²) >= 11 is 0. The quantitative estimate of drug-likeness (QED) is 0.571. The maximum Gasteiger partial charge on any atom is 0.00610 e. The lowest BCUT2D eigenvalue weighted by atomic mass is 9.91. The lowest BCUT2D eigenvalue weighted by Crippen LogP contribution is -1.95. The molecule has 0 radical (unpaired) electrons. The second-order valence-electron chi connectivity index (χ2n) is 4.43. The third-order valence-corrected chi connectivity index (χ3v) is 3.32. The Morgan fingerprint density at radius 2 is 1.65 bits per heavy atom. The SMILES string of the molecule is C=C/C=C(\C=C)C(C)c1ccc2ccccc2c1.CC. The van der Waals surface area contributed by atoms with E-state index >= 15 is 0 Å². The molecule has 0 heteroatoms. The highest BCUT2D eigenvalue weighted by Crippen LogP contribution is 2.27. The Balaban J connectivity index is 0.000000956. The van der Waals surface area contributed by atoms with Gasteiger partial charge in [0.1, 0.15) is 0 Å². The van der Waals surface area contributed by atoms with E-state index in [-0.39, 0.29) is 0 Å². The Labute approximate surface area is 123 Å². The largest absolute Gasteiger partial charge is 0.0991 e. The van der Waals surface area contributed by atoms with Gasteiger partial charge in [-0.3, -0.25) is 0 Å². The number of benzene rings is 2. The van der Waals surface area contributed by atoms with E-state index in [0.717, 1.165) is 0 Å². The smallest absolute Gasteiger partial charge is 0.00610 e. The number of allylic oxidation sites excluding steroid dienone is 4. The normalized spacial score (nSPS) is 12.2. The highest BCUT2D eigenvalue weighted by atomic mass is 14.1. The van der Waals surface area contributed by atoms with Gasteiger partial charge >= 0.3 is 0 Å². The van der Waals surface area contributed by atoms with E-state index in [1.807, 2.05) is 32.1 Å². The summed E-state index contributed by atoms with van der Waals surface area (Å²) in [7, 11) is 0. The lowest BCUT2D eigenvalue weighted by Gasteiger charge is -2.14. The van der Waals surface area contributed by atoms with E-state index in [1.54, 1.807) is 0 Å². The molecule has 0 aliphatic heterocycles. The molecule has 0 nitrogen and oxygen atoms in total. The summed E-state index contributed by atoms with van der Waals surface area (Å²) in [5.41, 5.74) is 2.50. The highest BCUT2D eigenvalue weighted by Gasteiger charge is 2.08. The van der Waals surface area contributed by atoms with Crippen molar-refractivity contribution in [2.45, 2.75) is 26.7 Å². The van der Waals surface area contributed by atoms with Crippen LogP contribution in [0.25, 0.3) is 10.8 Å². The van der Waals surface area contributed by atoms with Crippen molar-refractivity contribution in [2.75, 3.05) is 0 Å². The van der Waals surface area contributed by atoms with Gasteiger partial charge in [-0.2, -0.15) is 0 Å². The molecule has 0 N–H and O–H groups in total. The van der Waals surface area contributed by atoms with Crippen LogP contribution in [0.15, 0.2) is 79.4 Å². The van der Waals surface area contributed by atoms with Crippen molar-refractivity contribution < 1.29 is 0 Å². The van der Waals surface area contributed by atoms with Crippen LogP contribution in [-0.2, 0) is 0 Å². The minimum atomic E-state index is 0.338. The fourth-order valence-corrected chi connectivity index (χ4v) is 2.19. The van der Waals surface area contributed by atoms with E-state index < -0.39 is 0 Å². The van der Waals surface area contributed by atoms with Crippen LogP contribution in [0.4, 0.5) is 0 Å². The molecule has 0 aliphatic carbocycles. The number of rotatable bonds is 4. The van der Waals surface area contributed by atoms with Gasteiger partial charge in [0.05, 0.1) is 0 Å². The van der Waals surface area contributed by atoms with Gasteiger partial charge in [-0.15, -0.1) is 0 Å². The Morgan fingerprint density at radius 1 is 1.00 bits per heavy atom. The molecular weight excluding hydrogens is 240 g/mol. The summed E-state index contributed by atoms with van der Waals surface area (Å²) in [5, 5.41) is 2.56. The first-order valence-corrected chi connectivity index (χ1v) is 7.20. The molecule has 0 saturated heterocycles. The Kier molecular flexibility index (Phi) is 6.52. The van der Waals surface area contributed by atoms with Crippen LogP contribution in [0.3, 0.4) is 0 Å². The van der Waals surface area contributed by atoms with E-state index in [1.165, 1.54) is 21.9 Å². The van der Waals surface area contributed by atoms with E-state index in [4.69, 9.17) is 0 Å².